The Morgan fingerprint density at radius 3 is 2.46 bits per heavy atom. The van der Waals surface area contributed by atoms with E-state index in [4.69, 9.17) is 5.10 Å². The molecule has 1 aliphatic carbocycles. The Kier molecular flexibility index (Phi) is 6.55. The second-order valence-corrected chi connectivity index (χ2v) is 10.9. The number of carbonyl (C=O) groups is 1. The first-order chi connectivity index (χ1) is 18.1. The molecule has 1 fully saturated rings. The molecule has 4 aromatic rings. The molecule has 2 aromatic heterocycles. The van der Waals surface area contributed by atoms with Crippen LogP contribution in [0.2, 0.25) is 0 Å². The second kappa shape index (κ2) is 10.1. The van der Waals surface area contributed by atoms with Crippen LogP contribution in [0.3, 0.4) is 0 Å². The number of amides is 2. The first-order valence-electron chi connectivity index (χ1n) is 13.2. The maximum atomic E-state index is 14.0. The van der Waals surface area contributed by atoms with Gasteiger partial charge in [0, 0.05) is 22.7 Å². The van der Waals surface area contributed by atoms with Crippen LogP contribution in [0.5, 0.6) is 0 Å². The van der Waals surface area contributed by atoms with Crippen LogP contribution in [-0.2, 0) is 6.54 Å². The number of benzene rings is 2. The van der Waals surface area contributed by atoms with Gasteiger partial charge in [-0.3, -0.25) is 0 Å². The fourth-order valence-corrected chi connectivity index (χ4v) is 6.20. The summed E-state index contributed by atoms with van der Waals surface area (Å²) in [4.78, 5) is 17.3. The van der Waals surface area contributed by atoms with Gasteiger partial charge in [-0.25, -0.2) is 9.48 Å². The molecule has 6 nitrogen and oxygen atoms in total. The third kappa shape index (κ3) is 4.46. The summed E-state index contributed by atoms with van der Waals surface area (Å²) in [6.07, 6.45) is 9.92. The van der Waals surface area contributed by atoms with Crippen LogP contribution in [0.25, 0.3) is 11.5 Å². The minimum absolute atomic E-state index is 0.00157. The summed E-state index contributed by atoms with van der Waals surface area (Å²) in [6.45, 7) is 2.54. The van der Waals surface area contributed by atoms with E-state index in [1.807, 2.05) is 34.7 Å². The number of aromatic nitrogens is 3. The number of urea groups is 1. The average Bonchev–Trinajstić information content (AvgIpc) is 3.50. The van der Waals surface area contributed by atoms with Crippen molar-refractivity contribution < 1.29 is 4.79 Å². The molecule has 190 valence electrons. The van der Waals surface area contributed by atoms with Gasteiger partial charge in [0.15, 0.2) is 0 Å². The largest absolute Gasteiger partial charge is 0.335 e. The summed E-state index contributed by atoms with van der Waals surface area (Å²) in [7, 11) is 0. The monoisotopic (exact) mass is 511 g/mol. The summed E-state index contributed by atoms with van der Waals surface area (Å²) >= 11 is 1.73. The number of aryl methyl sites for hydroxylation is 1. The number of nitrogens with one attached hydrogen (secondary N) is 1. The standard InChI is InChI=1S/C30H33N5OS/c1-21-26-20-34(30(36)31-23-10-5-3-6-11-23)28(22-15-17-25(37-2)18-16-22)27-14-9-19-33(27)29(26)35(32-21)24-12-7-4-8-13-24/h4,7-9,12-19,23,28H,3,5-6,10-11,20H2,1-2H3,(H,31,36)/t28-/m0/s1. The van der Waals surface area contributed by atoms with Crippen molar-refractivity contribution in [2.45, 2.75) is 62.6 Å². The third-order valence-corrected chi connectivity index (χ3v) is 8.46. The number of fused-ring (bicyclic) bond motifs is 3. The molecule has 2 aromatic carbocycles. The molecule has 7 heteroatoms. The van der Waals surface area contributed by atoms with Gasteiger partial charge in [-0.2, -0.15) is 5.10 Å². The minimum atomic E-state index is -0.217. The highest BCUT2D eigenvalue weighted by atomic mass is 32.2. The Bertz CT molecular complexity index is 1390. The summed E-state index contributed by atoms with van der Waals surface area (Å²) in [6, 6.07) is 23.1. The molecule has 0 bridgehead atoms. The zero-order valence-corrected chi connectivity index (χ0v) is 22.2. The fourth-order valence-electron chi connectivity index (χ4n) is 5.79. The van der Waals surface area contributed by atoms with Gasteiger partial charge in [-0.05, 0) is 68.0 Å². The van der Waals surface area contributed by atoms with Gasteiger partial charge < -0.3 is 14.8 Å². The van der Waals surface area contributed by atoms with Gasteiger partial charge in [0.25, 0.3) is 0 Å². The van der Waals surface area contributed by atoms with E-state index in [9.17, 15) is 4.79 Å². The highest BCUT2D eigenvalue weighted by molar-refractivity contribution is 7.98. The van der Waals surface area contributed by atoms with Crippen LogP contribution in [0.1, 0.15) is 60.7 Å². The molecule has 2 aliphatic rings. The van der Waals surface area contributed by atoms with Crippen molar-refractivity contribution in [3.05, 3.63) is 95.4 Å². The Morgan fingerprint density at radius 2 is 1.73 bits per heavy atom. The first-order valence-corrected chi connectivity index (χ1v) is 14.4. The molecule has 3 heterocycles. The normalized spacial score (nSPS) is 17.7. The van der Waals surface area contributed by atoms with E-state index < -0.39 is 0 Å². The smallest absolute Gasteiger partial charge is 0.318 e. The fraction of sp³-hybridized carbons (Fsp3) is 0.333. The van der Waals surface area contributed by atoms with Crippen LogP contribution in [-0.4, -0.2) is 37.6 Å². The molecule has 0 spiro atoms. The minimum Gasteiger partial charge on any atom is -0.335 e. The van der Waals surface area contributed by atoms with Gasteiger partial charge in [0.1, 0.15) is 5.82 Å². The topological polar surface area (TPSA) is 55.1 Å². The van der Waals surface area contributed by atoms with Crippen LogP contribution < -0.4 is 5.32 Å². The SMILES string of the molecule is CSc1ccc([C@H]2c3cccn3-c3c(c(C)nn3-c3ccccc3)CN2C(=O)NC2CCCCC2)cc1. The van der Waals surface area contributed by atoms with Crippen molar-refractivity contribution in [1.29, 1.82) is 0 Å². The van der Waals surface area contributed by atoms with Gasteiger partial charge in [-0.1, -0.05) is 49.6 Å². The van der Waals surface area contributed by atoms with Gasteiger partial charge in [0.2, 0.25) is 0 Å². The second-order valence-electron chi connectivity index (χ2n) is 10.0. The molecule has 37 heavy (non-hydrogen) atoms. The molecule has 0 radical (unpaired) electrons. The van der Waals surface area contributed by atoms with Crippen molar-refractivity contribution in [2.24, 2.45) is 0 Å². The molecule has 0 saturated heterocycles. The predicted molar refractivity (Wildman–Crippen MR) is 149 cm³/mol. The maximum absolute atomic E-state index is 14.0. The number of hydrogen-bond donors (Lipinski definition) is 1. The lowest BCUT2D eigenvalue weighted by atomic mass is 9.95. The van der Waals surface area contributed by atoms with Gasteiger partial charge in [0.05, 0.1) is 29.7 Å². The Labute approximate surface area is 222 Å². The van der Waals surface area contributed by atoms with Crippen molar-refractivity contribution in [1.82, 2.24) is 24.6 Å². The number of para-hydroxylation sites is 1. The van der Waals surface area contributed by atoms with Crippen molar-refractivity contribution in [3.8, 4) is 11.5 Å². The third-order valence-electron chi connectivity index (χ3n) is 7.71. The summed E-state index contributed by atoms with van der Waals surface area (Å²) in [5, 5.41) is 8.34. The molecule has 6 rings (SSSR count). The van der Waals surface area contributed by atoms with Crippen molar-refractivity contribution >= 4 is 17.8 Å². The van der Waals surface area contributed by atoms with E-state index in [1.165, 1.54) is 24.2 Å². The lowest BCUT2D eigenvalue weighted by molar-refractivity contribution is 0.173. The zero-order chi connectivity index (χ0) is 25.4. The number of carbonyl (C=O) groups excluding carboxylic acids is 1. The lowest BCUT2D eigenvalue weighted by Crippen LogP contribution is -2.46. The number of nitrogens with zero attached hydrogens (tertiary/aromatic N) is 4. The summed E-state index contributed by atoms with van der Waals surface area (Å²) < 4.78 is 4.24. The number of rotatable bonds is 4. The van der Waals surface area contributed by atoms with Gasteiger partial charge >= 0.3 is 6.03 Å². The zero-order valence-electron chi connectivity index (χ0n) is 21.4. The predicted octanol–water partition coefficient (Wildman–Crippen LogP) is 6.64. The molecule has 1 N–H and O–H groups in total. The van der Waals surface area contributed by atoms with Gasteiger partial charge in [-0.15, -0.1) is 11.8 Å². The van der Waals surface area contributed by atoms with Crippen LogP contribution in [0.4, 0.5) is 4.79 Å². The van der Waals surface area contributed by atoms with Crippen LogP contribution >= 0.6 is 11.8 Å². The first kappa shape index (κ1) is 23.9. The quantitative estimate of drug-likeness (QED) is 0.313. The Balaban J connectivity index is 1.50. The van der Waals surface area contributed by atoms with Crippen LogP contribution in [0.15, 0.2) is 77.8 Å². The van der Waals surface area contributed by atoms with E-state index >= 15 is 0 Å². The molecule has 1 saturated carbocycles. The average molecular weight is 512 g/mol. The molecule has 0 unspecified atom stereocenters. The molecular formula is C30H33N5OS. The Morgan fingerprint density at radius 1 is 0.973 bits per heavy atom. The van der Waals surface area contributed by atoms with E-state index in [0.717, 1.165) is 46.9 Å². The van der Waals surface area contributed by atoms with Crippen molar-refractivity contribution in [3.63, 3.8) is 0 Å². The molecule has 1 aliphatic heterocycles. The highest BCUT2D eigenvalue weighted by Gasteiger charge is 2.36. The summed E-state index contributed by atoms with van der Waals surface area (Å²) in [5.74, 6) is 1.00. The van der Waals surface area contributed by atoms with Crippen LogP contribution in [0, 0.1) is 6.92 Å². The van der Waals surface area contributed by atoms with E-state index in [0.29, 0.717) is 6.54 Å². The van der Waals surface area contributed by atoms with E-state index in [2.05, 4.69) is 70.9 Å². The van der Waals surface area contributed by atoms with E-state index in [1.54, 1.807) is 11.8 Å². The van der Waals surface area contributed by atoms with E-state index in [-0.39, 0.29) is 18.1 Å². The molecule has 1 atom stereocenters. The number of thioether (sulfide) groups is 1. The van der Waals surface area contributed by atoms with Crippen molar-refractivity contribution in [2.75, 3.05) is 6.26 Å². The maximum Gasteiger partial charge on any atom is 0.318 e. The number of hydrogen-bond acceptors (Lipinski definition) is 3. The lowest BCUT2D eigenvalue weighted by Gasteiger charge is -2.33. The molecule has 2 amide bonds. The highest BCUT2D eigenvalue weighted by Crippen LogP contribution is 2.39. The summed E-state index contributed by atoms with van der Waals surface area (Å²) in [5.41, 5.74) is 5.19. The molecular weight excluding hydrogens is 478 g/mol. The Hall–Kier alpha value is -3.45.